The molecule has 1 fully saturated rings. The number of hydrogen-bond acceptors (Lipinski definition) is 1. The van der Waals surface area contributed by atoms with Gasteiger partial charge in [0.15, 0.2) is 5.96 Å². The van der Waals surface area contributed by atoms with Crippen LogP contribution in [0, 0.1) is 17.3 Å². The number of rotatable bonds is 4. The molecule has 0 aromatic carbocycles. The second-order valence-electron chi connectivity index (χ2n) is 6.95. The number of aliphatic imine (C=N–C) groups is 1. The first-order chi connectivity index (χ1) is 8.88. The maximum atomic E-state index is 6.03. The van der Waals surface area contributed by atoms with Crippen LogP contribution >= 0.6 is 0 Å². The Labute approximate surface area is 119 Å². The molecule has 0 atom stereocenters. The van der Waals surface area contributed by atoms with Crippen LogP contribution in [-0.4, -0.2) is 30.5 Å². The van der Waals surface area contributed by atoms with E-state index in [0.717, 1.165) is 37.4 Å². The fraction of sp³-hybridized carbons (Fsp3) is 0.938. The summed E-state index contributed by atoms with van der Waals surface area (Å²) >= 11 is 0. The highest BCUT2D eigenvalue weighted by Gasteiger charge is 2.29. The molecule has 0 unspecified atom stereocenters. The zero-order valence-corrected chi connectivity index (χ0v) is 13.6. The summed E-state index contributed by atoms with van der Waals surface area (Å²) < 4.78 is 0. The van der Waals surface area contributed by atoms with Crippen molar-refractivity contribution in [2.75, 3.05) is 19.6 Å². The number of nitrogens with two attached hydrogens (primary N) is 1. The van der Waals surface area contributed by atoms with E-state index in [0.29, 0.717) is 5.41 Å². The molecule has 19 heavy (non-hydrogen) atoms. The summed E-state index contributed by atoms with van der Waals surface area (Å²) in [5, 5.41) is 0. The molecule has 0 aromatic rings. The van der Waals surface area contributed by atoms with E-state index in [1.54, 1.807) is 0 Å². The highest BCUT2D eigenvalue weighted by molar-refractivity contribution is 5.77. The predicted octanol–water partition coefficient (Wildman–Crippen LogP) is 3.50. The van der Waals surface area contributed by atoms with Gasteiger partial charge in [0, 0.05) is 19.6 Å². The molecular weight excluding hydrogens is 234 g/mol. The Kier molecular flexibility index (Phi) is 6.15. The molecule has 1 rings (SSSR count). The maximum absolute atomic E-state index is 6.03. The van der Waals surface area contributed by atoms with Gasteiger partial charge in [-0.25, -0.2) is 0 Å². The van der Waals surface area contributed by atoms with Crippen LogP contribution in [0.5, 0.6) is 0 Å². The van der Waals surface area contributed by atoms with E-state index in [2.05, 4.69) is 44.5 Å². The number of nitrogens with zero attached hydrogens (tertiary/aromatic N) is 2. The molecule has 1 aliphatic rings. The summed E-state index contributed by atoms with van der Waals surface area (Å²) in [7, 11) is 0. The maximum Gasteiger partial charge on any atom is 0.191 e. The zero-order valence-electron chi connectivity index (χ0n) is 13.6. The molecule has 2 N–H and O–H groups in total. The van der Waals surface area contributed by atoms with E-state index >= 15 is 0 Å². The van der Waals surface area contributed by atoms with Crippen LogP contribution in [0.15, 0.2) is 4.99 Å². The largest absolute Gasteiger partial charge is 0.370 e. The van der Waals surface area contributed by atoms with E-state index in [1.807, 2.05) is 0 Å². The van der Waals surface area contributed by atoms with Crippen molar-refractivity contribution in [3.05, 3.63) is 0 Å². The number of guanidine groups is 1. The Hall–Kier alpha value is -0.730. The van der Waals surface area contributed by atoms with Gasteiger partial charge in [0.1, 0.15) is 0 Å². The predicted molar refractivity (Wildman–Crippen MR) is 84.3 cm³/mol. The third-order valence-electron chi connectivity index (χ3n) is 4.67. The standard InChI is InChI=1S/C16H33N3/c1-6-19(7-2)15(17)18-12-13-8-10-14(11-9-13)16(3,4)5/h13-14H,6-12H2,1-5H3,(H2,17,18). The molecule has 0 aromatic heterocycles. The Morgan fingerprint density at radius 1 is 1.11 bits per heavy atom. The second-order valence-corrected chi connectivity index (χ2v) is 6.95. The Bertz CT molecular complexity index is 279. The molecule has 0 spiro atoms. The molecule has 1 aliphatic carbocycles. The van der Waals surface area contributed by atoms with Crippen molar-refractivity contribution in [2.24, 2.45) is 28.0 Å². The average molecular weight is 267 g/mol. The van der Waals surface area contributed by atoms with Crippen molar-refractivity contribution in [3.63, 3.8) is 0 Å². The lowest BCUT2D eigenvalue weighted by Gasteiger charge is -2.36. The summed E-state index contributed by atoms with van der Waals surface area (Å²) in [6.45, 7) is 14.2. The first kappa shape index (κ1) is 16.3. The van der Waals surface area contributed by atoms with E-state index in [-0.39, 0.29) is 0 Å². The highest BCUT2D eigenvalue weighted by Crippen LogP contribution is 2.39. The van der Waals surface area contributed by atoms with Crippen LogP contribution in [0.4, 0.5) is 0 Å². The third kappa shape index (κ3) is 5.04. The van der Waals surface area contributed by atoms with Gasteiger partial charge in [-0.3, -0.25) is 4.99 Å². The van der Waals surface area contributed by atoms with Gasteiger partial charge in [0.2, 0.25) is 0 Å². The molecule has 112 valence electrons. The van der Waals surface area contributed by atoms with Gasteiger partial charge in [-0.15, -0.1) is 0 Å². The van der Waals surface area contributed by atoms with Gasteiger partial charge in [-0.2, -0.15) is 0 Å². The zero-order chi connectivity index (χ0) is 14.5. The summed E-state index contributed by atoms with van der Waals surface area (Å²) in [4.78, 5) is 6.72. The molecule has 0 heterocycles. The van der Waals surface area contributed by atoms with Gasteiger partial charge in [0.25, 0.3) is 0 Å². The molecule has 0 amide bonds. The molecule has 3 nitrogen and oxygen atoms in total. The Balaban J connectivity index is 2.39. The van der Waals surface area contributed by atoms with Crippen molar-refractivity contribution >= 4 is 5.96 Å². The minimum atomic E-state index is 0.467. The van der Waals surface area contributed by atoms with Crippen molar-refractivity contribution < 1.29 is 0 Å². The highest BCUT2D eigenvalue weighted by atomic mass is 15.2. The van der Waals surface area contributed by atoms with E-state index in [9.17, 15) is 0 Å². The summed E-state index contributed by atoms with van der Waals surface area (Å²) in [6.07, 6.45) is 5.34. The van der Waals surface area contributed by atoms with Crippen molar-refractivity contribution in [3.8, 4) is 0 Å². The lowest BCUT2D eigenvalue weighted by molar-refractivity contribution is 0.152. The van der Waals surface area contributed by atoms with Gasteiger partial charge in [-0.05, 0) is 56.8 Å². The topological polar surface area (TPSA) is 41.6 Å². The van der Waals surface area contributed by atoms with Crippen LogP contribution in [0.2, 0.25) is 0 Å². The fourth-order valence-corrected chi connectivity index (χ4v) is 3.08. The molecule has 0 saturated heterocycles. The smallest absolute Gasteiger partial charge is 0.191 e. The van der Waals surface area contributed by atoms with Crippen LogP contribution in [0.25, 0.3) is 0 Å². The minimum absolute atomic E-state index is 0.467. The summed E-state index contributed by atoms with van der Waals surface area (Å²) in [5.41, 5.74) is 6.50. The Morgan fingerprint density at radius 3 is 2.05 bits per heavy atom. The van der Waals surface area contributed by atoms with Crippen molar-refractivity contribution in [1.29, 1.82) is 0 Å². The molecule has 0 radical (unpaired) electrons. The van der Waals surface area contributed by atoms with Gasteiger partial charge < -0.3 is 10.6 Å². The summed E-state index contributed by atoms with van der Waals surface area (Å²) in [6, 6.07) is 0. The van der Waals surface area contributed by atoms with E-state index in [4.69, 9.17) is 5.73 Å². The summed E-state index contributed by atoms with van der Waals surface area (Å²) in [5.74, 6) is 2.35. The normalized spacial score (nSPS) is 25.4. The van der Waals surface area contributed by atoms with Crippen LogP contribution in [-0.2, 0) is 0 Å². The first-order valence-electron chi connectivity index (χ1n) is 7.93. The molecule has 0 aliphatic heterocycles. The van der Waals surface area contributed by atoms with Crippen molar-refractivity contribution in [1.82, 2.24) is 4.90 Å². The van der Waals surface area contributed by atoms with Crippen molar-refractivity contribution in [2.45, 2.75) is 60.3 Å². The van der Waals surface area contributed by atoms with E-state index in [1.165, 1.54) is 25.7 Å². The van der Waals surface area contributed by atoms with Gasteiger partial charge in [0.05, 0.1) is 0 Å². The van der Waals surface area contributed by atoms with Gasteiger partial charge in [-0.1, -0.05) is 20.8 Å². The fourth-order valence-electron chi connectivity index (χ4n) is 3.08. The van der Waals surface area contributed by atoms with Gasteiger partial charge >= 0.3 is 0 Å². The number of hydrogen-bond donors (Lipinski definition) is 1. The minimum Gasteiger partial charge on any atom is -0.370 e. The first-order valence-corrected chi connectivity index (χ1v) is 7.93. The monoisotopic (exact) mass is 267 g/mol. The molecule has 0 bridgehead atoms. The van der Waals surface area contributed by atoms with Crippen LogP contribution < -0.4 is 5.73 Å². The van der Waals surface area contributed by atoms with Crippen LogP contribution in [0.3, 0.4) is 0 Å². The second kappa shape index (κ2) is 7.16. The lowest BCUT2D eigenvalue weighted by Crippen LogP contribution is -2.37. The van der Waals surface area contributed by atoms with Crippen LogP contribution in [0.1, 0.15) is 60.3 Å². The molecule has 1 saturated carbocycles. The van der Waals surface area contributed by atoms with E-state index < -0.39 is 0 Å². The average Bonchev–Trinajstić information content (AvgIpc) is 2.37. The molecular formula is C16H33N3. The lowest BCUT2D eigenvalue weighted by atomic mass is 9.70. The SMILES string of the molecule is CCN(CC)C(N)=NCC1CCC(C(C)(C)C)CC1. The third-order valence-corrected chi connectivity index (χ3v) is 4.67. The molecule has 3 heteroatoms. The Morgan fingerprint density at radius 2 is 1.63 bits per heavy atom. The quantitative estimate of drug-likeness (QED) is 0.626.